The largest absolute Gasteiger partial charge is 0.0808 e. The number of allylic oxidation sites excluding steroid dienone is 4. The van der Waals surface area contributed by atoms with Gasteiger partial charge in [-0.25, -0.2) is 0 Å². The molecule has 1 aliphatic rings. The molecule has 0 aromatic carbocycles. The molecular formula is C8H18Sn. The van der Waals surface area contributed by atoms with E-state index in [-0.39, 0.29) is 46.2 Å². The van der Waals surface area contributed by atoms with E-state index in [1.165, 1.54) is 0 Å². The number of hydrogen-bond donors (Lipinski definition) is 0. The minimum atomic E-state index is 0. The molecule has 0 aliphatic heterocycles. The van der Waals surface area contributed by atoms with Crippen molar-refractivity contribution in [2.45, 2.75) is 28.7 Å². The summed E-state index contributed by atoms with van der Waals surface area (Å²) in [7, 11) is 0. The molecule has 0 spiro atoms. The van der Waals surface area contributed by atoms with E-state index in [0.29, 0.717) is 0 Å². The molecule has 0 bridgehead atoms. The summed E-state index contributed by atoms with van der Waals surface area (Å²) < 4.78 is 0. The molecule has 4 radical (unpaired) electrons. The summed E-state index contributed by atoms with van der Waals surface area (Å²) in [4.78, 5) is 0. The van der Waals surface area contributed by atoms with E-state index in [0.717, 1.165) is 6.42 Å². The second-order valence-electron chi connectivity index (χ2n) is 1.09. The summed E-state index contributed by atoms with van der Waals surface area (Å²) in [5.74, 6) is 0. The van der Waals surface area contributed by atoms with Crippen LogP contribution in [0.4, 0.5) is 0 Å². The molecule has 0 amide bonds. The van der Waals surface area contributed by atoms with Gasteiger partial charge in [0.05, 0.1) is 0 Å². The van der Waals surface area contributed by atoms with Crippen molar-refractivity contribution in [2.24, 2.45) is 0 Å². The summed E-state index contributed by atoms with van der Waals surface area (Å²) in [6, 6.07) is 0. The van der Waals surface area contributed by atoms with Crippen LogP contribution >= 0.6 is 0 Å². The van der Waals surface area contributed by atoms with Crippen LogP contribution in [0.5, 0.6) is 0 Å². The summed E-state index contributed by atoms with van der Waals surface area (Å²) >= 11 is 0. The van der Waals surface area contributed by atoms with Gasteiger partial charge in [0.2, 0.25) is 0 Å². The molecule has 0 N–H and O–H groups in total. The maximum Gasteiger partial charge on any atom is 0 e. The molecule has 0 fully saturated rings. The summed E-state index contributed by atoms with van der Waals surface area (Å²) in [6.45, 7) is 0. The fourth-order valence-electron chi connectivity index (χ4n) is 0.393. The Bertz CT molecular complexity index is 62.6. The van der Waals surface area contributed by atoms with Crippen LogP contribution in [0.3, 0.4) is 0 Å². The summed E-state index contributed by atoms with van der Waals surface area (Å²) in [5.41, 5.74) is 0. The van der Waals surface area contributed by atoms with Crippen LogP contribution in [0.1, 0.15) is 28.7 Å². The zero-order valence-electron chi connectivity index (χ0n) is 3.52. The van der Waals surface area contributed by atoms with Crippen LogP contribution in [0.15, 0.2) is 24.3 Å². The van der Waals surface area contributed by atoms with Gasteiger partial charge in [-0.15, -0.1) is 0 Å². The van der Waals surface area contributed by atoms with Gasteiger partial charge in [0, 0.05) is 23.9 Å². The van der Waals surface area contributed by atoms with Crippen molar-refractivity contribution in [2.75, 3.05) is 0 Å². The Balaban J connectivity index is -0.0000000312. The van der Waals surface area contributed by atoms with Crippen molar-refractivity contribution in [3.8, 4) is 0 Å². The van der Waals surface area contributed by atoms with E-state index in [9.17, 15) is 0 Å². The molecule has 54 valence electrons. The van der Waals surface area contributed by atoms with Crippen LogP contribution in [0, 0.1) is 0 Å². The summed E-state index contributed by atoms with van der Waals surface area (Å²) in [6.07, 6.45) is 9.50. The standard InChI is InChI=1S/C5H6.3CH4.Sn/c1-2-4-5-3-1;;;;/h1-4H,5H2;3*1H4;. The first-order chi connectivity index (χ1) is 2.50. The molecule has 0 saturated carbocycles. The van der Waals surface area contributed by atoms with E-state index in [1.807, 2.05) is 0 Å². The average molecular weight is 233 g/mol. The molecule has 0 unspecified atom stereocenters. The quantitative estimate of drug-likeness (QED) is 0.564. The van der Waals surface area contributed by atoms with Crippen LogP contribution in [0.2, 0.25) is 0 Å². The second-order valence-corrected chi connectivity index (χ2v) is 1.09. The van der Waals surface area contributed by atoms with E-state index < -0.39 is 0 Å². The zero-order chi connectivity index (χ0) is 3.54. The predicted octanol–water partition coefficient (Wildman–Crippen LogP) is 3.03. The molecule has 1 rings (SSSR count). The van der Waals surface area contributed by atoms with E-state index >= 15 is 0 Å². The molecule has 1 heteroatoms. The van der Waals surface area contributed by atoms with Gasteiger partial charge in [-0.2, -0.15) is 0 Å². The molecule has 0 saturated heterocycles. The first-order valence-corrected chi connectivity index (χ1v) is 1.82. The second kappa shape index (κ2) is 15.7. The normalized spacial score (nSPS) is 9.78. The Morgan fingerprint density at radius 1 is 0.778 bits per heavy atom. The van der Waals surface area contributed by atoms with Crippen LogP contribution in [0.25, 0.3) is 0 Å². The molecule has 0 heterocycles. The van der Waals surface area contributed by atoms with Gasteiger partial charge < -0.3 is 0 Å². The third-order valence-corrected chi connectivity index (χ3v) is 0.655. The van der Waals surface area contributed by atoms with Crippen LogP contribution in [-0.4, -0.2) is 23.9 Å². The molecular weight excluding hydrogens is 215 g/mol. The maximum atomic E-state index is 2.12. The van der Waals surface area contributed by atoms with Crippen molar-refractivity contribution in [1.82, 2.24) is 0 Å². The summed E-state index contributed by atoms with van der Waals surface area (Å²) in [5, 5.41) is 0. The topological polar surface area (TPSA) is 0 Å². The van der Waals surface area contributed by atoms with Crippen molar-refractivity contribution in [3.05, 3.63) is 24.3 Å². The first-order valence-electron chi connectivity index (χ1n) is 1.82. The van der Waals surface area contributed by atoms with Gasteiger partial charge in [-0.3, -0.25) is 0 Å². The van der Waals surface area contributed by atoms with Crippen LogP contribution in [-0.2, 0) is 0 Å². The molecule has 0 atom stereocenters. The van der Waals surface area contributed by atoms with E-state index in [4.69, 9.17) is 0 Å². The van der Waals surface area contributed by atoms with E-state index in [1.54, 1.807) is 0 Å². The third-order valence-electron chi connectivity index (χ3n) is 0.655. The molecule has 1 aliphatic carbocycles. The van der Waals surface area contributed by atoms with Crippen molar-refractivity contribution in [1.29, 1.82) is 0 Å². The molecule has 0 aromatic heterocycles. The van der Waals surface area contributed by atoms with Gasteiger partial charge in [-0.1, -0.05) is 46.6 Å². The van der Waals surface area contributed by atoms with Crippen molar-refractivity contribution < 1.29 is 0 Å². The predicted molar refractivity (Wildman–Crippen MR) is 48.8 cm³/mol. The Hall–Kier alpha value is 0.279. The number of hydrogen-bond acceptors (Lipinski definition) is 0. The SMILES string of the molecule is C.C.C.C1=CCC=C1.[Sn]. The Labute approximate surface area is 77.0 Å². The number of rotatable bonds is 0. The smallest absolute Gasteiger partial charge is 0 e. The van der Waals surface area contributed by atoms with Crippen molar-refractivity contribution >= 4 is 23.9 Å². The first kappa shape index (κ1) is 22.8. The van der Waals surface area contributed by atoms with Gasteiger partial charge in [0.1, 0.15) is 0 Å². The zero-order valence-corrected chi connectivity index (χ0v) is 6.37. The monoisotopic (exact) mass is 234 g/mol. The molecule has 9 heavy (non-hydrogen) atoms. The minimum absolute atomic E-state index is 0. The van der Waals surface area contributed by atoms with Gasteiger partial charge >= 0.3 is 0 Å². The Morgan fingerprint density at radius 2 is 1.11 bits per heavy atom. The molecule has 0 aromatic rings. The Kier molecular flexibility index (Phi) is 39.9. The van der Waals surface area contributed by atoms with Crippen molar-refractivity contribution in [3.63, 3.8) is 0 Å². The third kappa shape index (κ3) is 11.7. The fraction of sp³-hybridized carbons (Fsp3) is 0.500. The minimum Gasteiger partial charge on any atom is -0.0808 e. The average Bonchev–Trinajstić information content (AvgIpc) is 1.76. The van der Waals surface area contributed by atoms with E-state index in [2.05, 4.69) is 24.3 Å². The Morgan fingerprint density at radius 3 is 1.22 bits per heavy atom. The maximum absolute atomic E-state index is 2.12. The molecule has 0 nitrogen and oxygen atoms in total. The fourth-order valence-corrected chi connectivity index (χ4v) is 0.393. The van der Waals surface area contributed by atoms with Crippen LogP contribution < -0.4 is 0 Å². The van der Waals surface area contributed by atoms with Gasteiger partial charge in [0.15, 0.2) is 0 Å². The van der Waals surface area contributed by atoms with Gasteiger partial charge in [-0.05, 0) is 6.42 Å². The van der Waals surface area contributed by atoms with Gasteiger partial charge in [0.25, 0.3) is 0 Å².